The molecule has 118 valence electrons. The predicted molar refractivity (Wildman–Crippen MR) is 78.9 cm³/mol. The second kappa shape index (κ2) is 7.22. The van der Waals surface area contributed by atoms with Gasteiger partial charge < -0.3 is 19.6 Å². The number of amides is 1. The highest BCUT2D eigenvalue weighted by molar-refractivity contribution is 5.76. The molecule has 2 N–H and O–H groups in total. The van der Waals surface area contributed by atoms with Crippen LogP contribution in [0.4, 0.5) is 0 Å². The predicted octanol–water partition coefficient (Wildman–Crippen LogP) is 1.38. The fraction of sp³-hybridized carbons (Fsp3) is 0.533. The minimum atomic E-state index is 0.0219. The van der Waals surface area contributed by atoms with Crippen molar-refractivity contribution >= 4 is 5.91 Å². The lowest BCUT2D eigenvalue weighted by atomic mass is 10.00. The maximum Gasteiger partial charge on any atom is 0.227 e. The van der Waals surface area contributed by atoms with Crippen molar-refractivity contribution < 1.29 is 13.7 Å². The summed E-state index contributed by atoms with van der Waals surface area (Å²) in [6, 6.07) is 1.76. The lowest BCUT2D eigenvalue weighted by molar-refractivity contribution is -0.121. The van der Waals surface area contributed by atoms with E-state index in [1.165, 1.54) is 12.8 Å². The Hall–Kier alpha value is -2.15. The van der Waals surface area contributed by atoms with E-state index < -0.39 is 0 Å². The lowest BCUT2D eigenvalue weighted by Gasteiger charge is -2.22. The van der Waals surface area contributed by atoms with Gasteiger partial charge in [-0.15, -0.1) is 0 Å². The van der Waals surface area contributed by atoms with Crippen molar-refractivity contribution in [2.45, 2.75) is 25.7 Å². The number of aryl methyl sites for hydroxylation is 1. The third-order valence-corrected chi connectivity index (χ3v) is 3.80. The van der Waals surface area contributed by atoms with Gasteiger partial charge in [-0.3, -0.25) is 4.79 Å². The zero-order chi connectivity index (χ0) is 15.2. The molecule has 0 spiro atoms. The zero-order valence-electron chi connectivity index (χ0n) is 12.4. The Morgan fingerprint density at radius 1 is 1.50 bits per heavy atom. The van der Waals surface area contributed by atoms with Gasteiger partial charge in [0.15, 0.2) is 0 Å². The standard InChI is InChI=1S/C15H20N4O3/c20-13(17-9-11-2-1-6-16-8-11)3-4-14-18-15(19-22-14)12-5-7-21-10-12/h5,7,10-11,16H,1-4,6,8-9H2,(H,17,20). The van der Waals surface area contributed by atoms with Gasteiger partial charge in [-0.2, -0.15) is 4.98 Å². The molecule has 1 aliphatic rings. The molecule has 1 aliphatic heterocycles. The topological polar surface area (TPSA) is 93.2 Å². The Kier molecular flexibility index (Phi) is 4.85. The molecule has 1 unspecified atom stereocenters. The molecule has 2 aromatic rings. The van der Waals surface area contributed by atoms with E-state index >= 15 is 0 Å². The third-order valence-electron chi connectivity index (χ3n) is 3.80. The van der Waals surface area contributed by atoms with Crippen molar-refractivity contribution in [3.8, 4) is 11.4 Å². The number of rotatable bonds is 6. The molecular weight excluding hydrogens is 284 g/mol. The average Bonchev–Trinajstić information content (AvgIpc) is 3.22. The number of hydrogen-bond donors (Lipinski definition) is 2. The summed E-state index contributed by atoms with van der Waals surface area (Å²) in [6.07, 6.45) is 6.26. The Morgan fingerprint density at radius 3 is 3.23 bits per heavy atom. The summed E-state index contributed by atoms with van der Waals surface area (Å²) in [5.41, 5.74) is 0.768. The van der Waals surface area contributed by atoms with Crippen molar-refractivity contribution in [1.29, 1.82) is 0 Å². The van der Waals surface area contributed by atoms with Gasteiger partial charge in [0.2, 0.25) is 17.6 Å². The minimum absolute atomic E-state index is 0.0219. The van der Waals surface area contributed by atoms with E-state index in [2.05, 4.69) is 20.8 Å². The van der Waals surface area contributed by atoms with Crippen LogP contribution in [-0.2, 0) is 11.2 Å². The van der Waals surface area contributed by atoms with Crippen LogP contribution >= 0.6 is 0 Å². The Morgan fingerprint density at radius 2 is 2.45 bits per heavy atom. The number of piperidine rings is 1. The van der Waals surface area contributed by atoms with Crippen LogP contribution in [0.3, 0.4) is 0 Å². The molecule has 0 aromatic carbocycles. The monoisotopic (exact) mass is 304 g/mol. The van der Waals surface area contributed by atoms with Crippen LogP contribution in [-0.4, -0.2) is 35.7 Å². The van der Waals surface area contributed by atoms with E-state index in [9.17, 15) is 4.79 Å². The maximum absolute atomic E-state index is 11.9. The van der Waals surface area contributed by atoms with E-state index in [1.807, 2.05) is 0 Å². The molecule has 7 heteroatoms. The van der Waals surface area contributed by atoms with Crippen LogP contribution < -0.4 is 10.6 Å². The highest BCUT2D eigenvalue weighted by Gasteiger charge is 2.15. The number of hydrogen-bond acceptors (Lipinski definition) is 6. The summed E-state index contributed by atoms with van der Waals surface area (Å²) in [6.45, 7) is 2.80. The quantitative estimate of drug-likeness (QED) is 0.837. The van der Waals surface area contributed by atoms with Crippen LogP contribution in [0.25, 0.3) is 11.4 Å². The molecule has 1 fully saturated rings. The summed E-state index contributed by atoms with van der Waals surface area (Å²) in [4.78, 5) is 16.1. The number of nitrogens with zero attached hydrogens (tertiary/aromatic N) is 2. The van der Waals surface area contributed by atoms with Crippen LogP contribution in [0.15, 0.2) is 27.5 Å². The number of furan rings is 1. The van der Waals surface area contributed by atoms with Gasteiger partial charge in [-0.1, -0.05) is 5.16 Å². The first-order valence-corrected chi connectivity index (χ1v) is 7.64. The second-order valence-electron chi connectivity index (χ2n) is 5.54. The molecule has 7 nitrogen and oxygen atoms in total. The Balaban J connectivity index is 1.41. The zero-order valence-corrected chi connectivity index (χ0v) is 12.4. The first kappa shape index (κ1) is 14.8. The van der Waals surface area contributed by atoms with E-state index in [4.69, 9.17) is 8.94 Å². The number of aromatic nitrogens is 2. The SMILES string of the molecule is O=C(CCc1nc(-c2ccoc2)no1)NCC1CCCNC1. The van der Waals surface area contributed by atoms with Crippen molar-refractivity contribution in [2.24, 2.45) is 5.92 Å². The van der Waals surface area contributed by atoms with Gasteiger partial charge in [0.25, 0.3) is 0 Å². The average molecular weight is 304 g/mol. The smallest absolute Gasteiger partial charge is 0.227 e. The third kappa shape index (κ3) is 3.94. The molecule has 0 bridgehead atoms. The molecule has 2 aromatic heterocycles. The first-order chi connectivity index (χ1) is 10.8. The Labute approximate surface area is 128 Å². The molecule has 0 aliphatic carbocycles. The maximum atomic E-state index is 11.9. The highest BCUT2D eigenvalue weighted by Crippen LogP contribution is 2.16. The van der Waals surface area contributed by atoms with Crippen molar-refractivity contribution in [2.75, 3.05) is 19.6 Å². The molecule has 3 heterocycles. The minimum Gasteiger partial charge on any atom is -0.472 e. The largest absolute Gasteiger partial charge is 0.472 e. The molecule has 1 saturated heterocycles. The van der Waals surface area contributed by atoms with Crippen LogP contribution in [0.1, 0.15) is 25.2 Å². The molecular formula is C15H20N4O3. The molecule has 3 rings (SSSR count). The second-order valence-corrected chi connectivity index (χ2v) is 5.54. The van der Waals surface area contributed by atoms with E-state index in [0.29, 0.717) is 30.5 Å². The van der Waals surface area contributed by atoms with E-state index in [0.717, 1.165) is 25.2 Å². The van der Waals surface area contributed by atoms with E-state index in [-0.39, 0.29) is 5.91 Å². The fourth-order valence-electron chi connectivity index (χ4n) is 2.53. The first-order valence-electron chi connectivity index (χ1n) is 7.64. The van der Waals surface area contributed by atoms with Crippen LogP contribution in [0.5, 0.6) is 0 Å². The van der Waals surface area contributed by atoms with Crippen LogP contribution in [0, 0.1) is 5.92 Å². The summed E-state index contributed by atoms with van der Waals surface area (Å²) >= 11 is 0. The van der Waals surface area contributed by atoms with Gasteiger partial charge in [0.05, 0.1) is 11.8 Å². The van der Waals surface area contributed by atoms with E-state index in [1.54, 1.807) is 18.6 Å². The number of carbonyl (C=O) groups is 1. The normalized spacial score (nSPS) is 18.3. The van der Waals surface area contributed by atoms with Gasteiger partial charge in [-0.05, 0) is 37.9 Å². The van der Waals surface area contributed by atoms with Crippen molar-refractivity contribution in [3.63, 3.8) is 0 Å². The van der Waals surface area contributed by atoms with Gasteiger partial charge in [0.1, 0.15) is 6.26 Å². The summed E-state index contributed by atoms with van der Waals surface area (Å²) in [5, 5.41) is 10.2. The molecule has 1 atom stereocenters. The van der Waals surface area contributed by atoms with Gasteiger partial charge in [-0.25, -0.2) is 0 Å². The molecule has 22 heavy (non-hydrogen) atoms. The summed E-state index contributed by atoms with van der Waals surface area (Å²) in [7, 11) is 0. The summed E-state index contributed by atoms with van der Waals surface area (Å²) < 4.78 is 10.1. The molecule has 0 saturated carbocycles. The lowest BCUT2D eigenvalue weighted by Crippen LogP contribution is -2.38. The van der Waals surface area contributed by atoms with Crippen LogP contribution in [0.2, 0.25) is 0 Å². The molecule has 0 radical (unpaired) electrons. The van der Waals surface area contributed by atoms with Crippen molar-refractivity contribution in [1.82, 2.24) is 20.8 Å². The molecule has 1 amide bonds. The highest BCUT2D eigenvalue weighted by atomic mass is 16.5. The van der Waals surface area contributed by atoms with Crippen molar-refractivity contribution in [3.05, 3.63) is 24.5 Å². The number of carbonyl (C=O) groups excluding carboxylic acids is 1. The van der Waals surface area contributed by atoms with Gasteiger partial charge >= 0.3 is 0 Å². The number of nitrogens with one attached hydrogen (secondary N) is 2. The fourth-order valence-corrected chi connectivity index (χ4v) is 2.53. The Bertz CT molecular complexity index is 588. The van der Waals surface area contributed by atoms with Gasteiger partial charge in [0, 0.05) is 19.4 Å². The summed E-state index contributed by atoms with van der Waals surface area (Å²) in [5.74, 6) is 1.51.